The number of esters is 1. The van der Waals surface area contributed by atoms with Crippen molar-refractivity contribution in [2.75, 3.05) is 39.3 Å². The fraction of sp³-hybridized carbons (Fsp3) is 0.857. The van der Waals surface area contributed by atoms with Gasteiger partial charge in [-0.15, -0.1) is 0 Å². The molecule has 6 heteroatoms. The van der Waals surface area contributed by atoms with Crippen LogP contribution in [-0.4, -0.2) is 71.7 Å². The number of ether oxygens (including phenoxy) is 1. The summed E-state index contributed by atoms with van der Waals surface area (Å²) < 4.78 is 5.18. The van der Waals surface area contributed by atoms with Crippen LogP contribution in [0.5, 0.6) is 0 Å². The Morgan fingerprint density at radius 1 is 1.10 bits per heavy atom. The van der Waals surface area contributed by atoms with Crippen molar-refractivity contribution in [1.29, 1.82) is 0 Å². The summed E-state index contributed by atoms with van der Waals surface area (Å²) in [5, 5.41) is 8.86. The van der Waals surface area contributed by atoms with Crippen molar-refractivity contribution in [2.24, 2.45) is 0 Å². The average Bonchev–Trinajstić information content (AvgIpc) is 2.35. The van der Waals surface area contributed by atoms with Gasteiger partial charge in [-0.2, -0.15) is 0 Å². The standard InChI is InChI=1S/C14H26N2O4/c1-14(2,3)20-13(19)5-4-12(18)16-8-6-15(7-9-16)10-11-17/h17H,4-11H2,1-3H3. The number of hydrogen-bond acceptors (Lipinski definition) is 5. The molecule has 1 aliphatic heterocycles. The molecule has 1 amide bonds. The van der Waals surface area contributed by atoms with Crippen LogP contribution in [0.3, 0.4) is 0 Å². The number of carbonyl (C=O) groups excluding carboxylic acids is 2. The molecule has 0 spiro atoms. The topological polar surface area (TPSA) is 70.1 Å². The minimum absolute atomic E-state index is 0.000456. The van der Waals surface area contributed by atoms with Gasteiger partial charge in [-0.25, -0.2) is 0 Å². The van der Waals surface area contributed by atoms with E-state index in [0.717, 1.165) is 13.1 Å². The Kier molecular flexibility index (Phi) is 6.42. The molecule has 0 aromatic rings. The van der Waals surface area contributed by atoms with Crippen LogP contribution in [0.4, 0.5) is 0 Å². The van der Waals surface area contributed by atoms with Crippen LogP contribution in [0, 0.1) is 0 Å². The Bertz CT molecular complexity index is 331. The molecule has 1 fully saturated rings. The van der Waals surface area contributed by atoms with Crippen molar-refractivity contribution in [3.05, 3.63) is 0 Å². The van der Waals surface area contributed by atoms with E-state index in [2.05, 4.69) is 4.90 Å². The summed E-state index contributed by atoms with van der Waals surface area (Å²) in [5.41, 5.74) is -0.504. The SMILES string of the molecule is CC(C)(C)OC(=O)CCC(=O)N1CCN(CCO)CC1. The molecule has 1 N–H and O–H groups in total. The number of aliphatic hydroxyl groups excluding tert-OH is 1. The summed E-state index contributed by atoms with van der Waals surface area (Å²) in [6.07, 6.45) is 0.335. The van der Waals surface area contributed by atoms with E-state index in [0.29, 0.717) is 19.6 Å². The Labute approximate surface area is 120 Å². The minimum atomic E-state index is -0.504. The molecule has 116 valence electrons. The van der Waals surface area contributed by atoms with E-state index in [-0.39, 0.29) is 31.3 Å². The van der Waals surface area contributed by atoms with Crippen molar-refractivity contribution >= 4 is 11.9 Å². The molecule has 1 heterocycles. The summed E-state index contributed by atoms with van der Waals surface area (Å²) in [7, 11) is 0. The molecule has 6 nitrogen and oxygen atoms in total. The summed E-state index contributed by atoms with van der Waals surface area (Å²) >= 11 is 0. The molecule has 0 radical (unpaired) electrons. The Morgan fingerprint density at radius 3 is 2.20 bits per heavy atom. The van der Waals surface area contributed by atoms with Gasteiger partial charge in [0.1, 0.15) is 5.60 Å². The zero-order valence-electron chi connectivity index (χ0n) is 12.7. The number of piperazine rings is 1. The molecule has 1 saturated heterocycles. The fourth-order valence-electron chi connectivity index (χ4n) is 2.12. The lowest BCUT2D eigenvalue weighted by Gasteiger charge is -2.34. The Morgan fingerprint density at radius 2 is 1.70 bits per heavy atom. The maximum Gasteiger partial charge on any atom is 0.306 e. The highest BCUT2D eigenvalue weighted by atomic mass is 16.6. The van der Waals surface area contributed by atoms with E-state index in [1.807, 2.05) is 20.8 Å². The van der Waals surface area contributed by atoms with E-state index in [1.54, 1.807) is 4.90 Å². The summed E-state index contributed by atoms with van der Waals surface area (Å²) in [6.45, 7) is 9.11. The van der Waals surface area contributed by atoms with E-state index in [1.165, 1.54) is 0 Å². The van der Waals surface area contributed by atoms with Crippen LogP contribution in [0.1, 0.15) is 33.6 Å². The van der Waals surface area contributed by atoms with Crippen molar-refractivity contribution in [3.63, 3.8) is 0 Å². The van der Waals surface area contributed by atoms with Crippen molar-refractivity contribution < 1.29 is 19.4 Å². The van der Waals surface area contributed by atoms with Gasteiger partial charge in [0.15, 0.2) is 0 Å². The number of aliphatic hydroxyl groups is 1. The van der Waals surface area contributed by atoms with E-state index in [9.17, 15) is 9.59 Å². The first-order valence-electron chi connectivity index (χ1n) is 7.14. The first-order valence-corrected chi connectivity index (χ1v) is 7.14. The molecule has 0 aromatic heterocycles. The molecule has 1 rings (SSSR count). The third kappa shape index (κ3) is 6.34. The molecule has 0 aromatic carbocycles. The Balaban J connectivity index is 2.25. The van der Waals surface area contributed by atoms with Crippen LogP contribution in [0.15, 0.2) is 0 Å². The third-order valence-corrected chi connectivity index (χ3v) is 3.10. The number of rotatable bonds is 5. The van der Waals surface area contributed by atoms with Gasteiger partial charge in [0.25, 0.3) is 0 Å². The third-order valence-electron chi connectivity index (χ3n) is 3.10. The lowest BCUT2D eigenvalue weighted by molar-refractivity contribution is -0.156. The first kappa shape index (κ1) is 16.9. The maximum atomic E-state index is 12.0. The minimum Gasteiger partial charge on any atom is -0.460 e. The zero-order valence-corrected chi connectivity index (χ0v) is 12.7. The van der Waals surface area contributed by atoms with Crippen LogP contribution in [0.25, 0.3) is 0 Å². The highest BCUT2D eigenvalue weighted by Gasteiger charge is 2.22. The first-order chi connectivity index (χ1) is 9.31. The molecular weight excluding hydrogens is 260 g/mol. The lowest BCUT2D eigenvalue weighted by atomic mass is 10.2. The molecule has 0 saturated carbocycles. The second-order valence-corrected chi connectivity index (χ2v) is 6.03. The van der Waals surface area contributed by atoms with Crippen molar-refractivity contribution in [3.8, 4) is 0 Å². The quantitative estimate of drug-likeness (QED) is 0.733. The lowest BCUT2D eigenvalue weighted by Crippen LogP contribution is -2.49. The molecule has 20 heavy (non-hydrogen) atoms. The van der Waals surface area contributed by atoms with Gasteiger partial charge in [0.05, 0.1) is 13.0 Å². The summed E-state index contributed by atoms with van der Waals surface area (Å²) in [4.78, 5) is 27.4. The smallest absolute Gasteiger partial charge is 0.306 e. The molecule has 1 aliphatic rings. The maximum absolute atomic E-state index is 12.0. The second kappa shape index (κ2) is 7.59. The predicted octanol–water partition coefficient (Wildman–Crippen LogP) is 0.245. The van der Waals surface area contributed by atoms with Gasteiger partial charge < -0.3 is 14.7 Å². The van der Waals surface area contributed by atoms with Gasteiger partial charge in [-0.1, -0.05) is 0 Å². The van der Waals surface area contributed by atoms with Gasteiger partial charge >= 0.3 is 5.97 Å². The molecule has 0 unspecified atom stereocenters. The monoisotopic (exact) mass is 286 g/mol. The normalized spacial score (nSPS) is 17.1. The predicted molar refractivity (Wildman–Crippen MR) is 75.2 cm³/mol. The van der Waals surface area contributed by atoms with Gasteiger partial charge in [0.2, 0.25) is 5.91 Å². The number of nitrogens with zero attached hydrogens (tertiary/aromatic N) is 2. The number of β-amino-alcohol motifs (C(OH)–C–C–N with tert-alkyl or cyclic N) is 1. The largest absolute Gasteiger partial charge is 0.460 e. The summed E-state index contributed by atoms with van der Waals surface area (Å²) in [5.74, 6) is -0.329. The van der Waals surface area contributed by atoms with Gasteiger partial charge in [0, 0.05) is 39.1 Å². The second-order valence-electron chi connectivity index (χ2n) is 6.03. The Hall–Kier alpha value is -1.14. The molecule has 0 aliphatic carbocycles. The molecule has 0 bridgehead atoms. The summed E-state index contributed by atoms with van der Waals surface area (Å²) in [6, 6.07) is 0. The van der Waals surface area contributed by atoms with Gasteiger partial charge in [-0.3, -0.25) is 14.5 Å². The van der Waals surface area contributed by atoms with E-state index in [4.69, 9.17) is 9.84 Å². The number of hydrogen-bond donors (Lipinski definition) is 1. The van der Waals surface area contributed by atoms with Crippen LogP contribution in [0.2, 0.25) is 0 Å². The average molecular weight is 286 g/mol. The molecule has 0 atom stereocenters. The van der Waals surface area contributed by atoms with Crippen molar-refractivity contribution in [1.82, 2.24) is 9.80 Å². The highest BCUT2D eigenvalue weighted by molar-refractivity contribution is 5.81. The van der Waals surface area contributed by atoms with Gasteiger partial charge in [-0.05, 0) is 20.8 Å². The zero-order chi connectivity index (χ0) is 15.2. The van der Waals surface area contributed by atoms with Crippen LogP contribution >= 0.6 is 0 Å². The van der Waals surface area contributed by atoms with E-state index < -0.39 is 5.60 Å². The van der Waals surface area contributed by atoms with E-state index >= 15 is 0 Å². The fourth-order valence-corrected chi connectivity index (χ4v) is 2.12. The number of amides is 1. The number of carbonyl (C=O) groups is 2. The van der Waals surface area contributed by atoms with Crippen LogP contribution in [-0.2, 0) is 14.3 Å². The van der Waals surface area contributed by atoms with Crippen LogP contribution < -0.4 is 0 Å². The molecular formula is C14H26N2O4. The highest BCUT2D eigenvalue weighted by Crippen LogP contribution is 2.10. The van der Waals surface area contributed by atoms with Crippen molar-refractivity contribution in [2.45, 2.75) is 39.2 Å².